The lowest BCUT2D eigenvalue weighted by Gasteiger charge is -2.44. The molecule has 5 atom stereocenters. The first-order valence-electron chi connectivity index (χ1n) is 9.89. The number of nitrogens with one attached hydrogen (secondary N) is 1. The van der Waals surface area contributed by atoms with Crippen LogP contribution in [0, 0.1) is 17.8 Å². The Morgan fingerprint density at radius 3 is 2.62 bits per heavy atom. The predicted octanol–water partition coefficient (Wildman–Crippen LogP) is 5.24. The number of aromatic carboxylic acids is 1. The summed E-state index contributed by atoms with van der Waals surface area (Å²) in [6, 6.07) is 15.0. The van der Waals surface area contributed by atoms with E-state index in [0.29, 0.717) is 23.3 Å². The largest absolute Gasteiger partial charge is 0.478 e. The molecule has 1 aliphatic heterocycles. The summed E-state index contributed by atoms with van der Waals surface area (Å²) >= 11 is 0. The van der Waals surface area contributed by atoms with Gasteiger partial charge in [-0.05, 0) is 72.1 Å². The van der Waals surface area contributed by atoms with Crippen molar-refractivity contribution in [1.82, 2.24) is 0 Å². The average molecular weight is 347 g/mol. The van der Waals surface area contributed by atoms with Crippen LogP contribution in [-0.4, -0.2) is 11.1 Å². The molecule has 134 valence electrons. The van der Waals surface area contributed by atoms with Crippen LogP contribution in [-0.2, 0) is 6.42 Å². The van der Waals surface area contributed by atoms with Gasteiger partial charge in [-0.3, -0.25) is 0 Å². The SMILES string of the molecule is CCc1ccc([C@@H]2Nc3c(C(=O)O)cccc3[C@@H]3[C@H]4CC[C@@H](C4)[C@H]32)cc1. The minimum absolute atomic E-state index is 0.217. The highest BCUT2D eigenvalue weighted by Crippen LogP contribution is 2.63. The van der Waals surface area contributed by atoms with E-state index in [1.165, 1.54) is 36.0 Å². The number of carboxylic acid groups (broad SMARTS) is 1. The van der Waals surface area contributed by atoms with Gasteiger partial charge in [0.1, 0.15) is 0 Å². The van der Waals surface area contributed by atoms with Crippen LogP contribution < -0.4 is 5.32 Å². The van der Waals surface area contributed by atoms with Gasteiger partial charge in [-0.1, -0.05) is 43.3 Å². The fourth-order valence-electron chi connectivity index (χ4n) is 5.98. The molecule has 2 aromatic carbocycles. The van der Waals surface area contributed by atoms with Crippen molar-refractivity contribution in [3.05, 3.63) is 64.7 Å². The van der Waals surface area contributed by atoms with Crippen molar-refractivity contribution in [1.29, 1.82) is 0 Å². The highest BCUT2D eigenvalue weighted by atomic mass is 16.4. The van der Waals surface area contributed by atoms with E-state index in [-0.39, 0.29) is 6.04 Å². The normalized spacial score (nSPS) is 31.2. The standard InChI is InChI=1S/C23H25NO2/c1-2-13-6-8-14(9-7-13)21-20-16-11-10-15(12-16)19(20)17-4-3-5-18(23(25)26)22(17)24-21/h3-9,15-16,19-21,24H,2,10-12H2,1H3,(H,25,26)/t15-,16-,19-,20+,21-/m0/s1. The number of hydrogen-bond donors (Lipinski definition) is 2. The van der Waals surface area contributed by atoms with Gasteiger partial charge in [0.2, 0.25) is 0 Å². The Kier molecular flexibility index (Phi) is 3.59. The molecule has 3 nitrogen and oxygen atoms in total. The van der Waals surface area contributed by atoms with Gasteiger partial charge in [-0.2, -0.15) is 0 Å². The summed E-state index contributed by atoms with van der Waals surface area (Å²) in [6.07, 6.45) is 4.97. The van der Waals surface area contributed by atoms with E-state index in [1.54, 1.807) is 6.07 Å². The second kappa shape index (κ2) is 5.87. The van der Waals surface area contributed by atoms with Gasteiger partial charge in [0.15, 0.2) is 0 Å². The lowest BCUT2D eigenvalue weighted by molar-refractivity contribution is 0.0697. The minimum Gasteiger partial charge on any atom is -0.478 e. The first-order valence-corrected chi connectivity index (χ1v) is 9.89. The molecule has 1 heterocycles. The molecule has 0 saturated heterocycles. The molecule has 0 aromatic heterocycles. The summed E-state index contributed by atoms with van der Waals surface area (Å²) in [5.74, 6) is 1.72. The third-order valence-electron chi connectivity index (χ3n) is 7.10. The van der Waals surface area contributed by atoms with Gasteiger partial charge in [-0.15, -0.1) is 0 Å². The predicted molar refractivity (Wildman–Crippen MR) is 103 cm³/mol. The molecule has 0 unspecified atom stereocenters. The number of rotatable bonds is 3. The minimum atomic E-state index is -0.837. The zero-order chi connectivity index (χ0) is 17.8. The van der Waals surface area contributed by atoms with Crippen molar-refractivity contribution in [2.45, 2.75) is 44.6 Å². The maximum atomic E-state index is 11.8. The molecule has 2 aliphatic carbocycles. The Balaban J connectivity index is 1.64. The van der Waals surface area contributed by atoms with E-state index in [0.717, 1.165) is 18.0 Å². The number of benzene rings is 2. The average Bonchev–Trinajstić information content (AvgIpc) is 3.29. The molecule has 2 N–H and O–H groups in total. The van der Waals surface area contributed by atoms with Crippen molar-refractivity contribution >= 4 is 11.7 Å². The first kappa shape index (κ1) is 15.9. The molecular formula is C23H25NO2. The van der Waals surface area contributed by atoms with Crippen molar-refractivity contribution in [3.63, 3.8) is 0 Å². The van der Waals surface area contributed by atoms with E-state index in [9.17, 15) is 9.90 Å². The maximum Gasteiger partial charge on any atom is 0.337 e. The van der Waals surface area contributed by atoms with Crippen LogP contribution in [0.15, 0.2) is 42.5 Å². The van der Waals surface area contributed by atoms with Gasteiger partial charge in [-0.25, -0.2) is 4.79 Å². The lowest BCUT2D eigenvalue weighted by atomic mass is 9.67. The molecule has 2 aromatic rings. The van der Waals surface area contributed by atoms with E-state index in [4.69, 9.17) is 0 Å². The molecule has 2 bridgehead atoms. The first-order chi connectivity index (χ1) is 12.7. The van der Waals surface area contributed by atoms with Crippen LogP contribution in [0.25, 0.3) is 0 Å². The second-order valence-corrected chi connectivity index (χ2v) is 8.23. The zero-order valence-electron chi connectivity index (χ0n) is 15.1. The number of aryl methyl sites for hydroxylation is 1. The second-order valence-electron chi connectivity index (χ2n) is 8.23. The molecule has 3 aliphatic rings. The van der Waals surface area contributed by atoms with E-state index in [1.807, 2.05) is 6.07 Å². The smallest absolute Gasteiger partial charge is 0.337 e. The summed E-state index contributed by atoms with van der Waals surface area (Å²) in [6.45, 7) is 2.18. The fourth-order valence-corrected chi connectivity index (χ4v) is 5.98. The monoisotopic (exact) mass is 347 g/mol. The van der Waals surface area contributed by atoms with Crippen LogP contribution in [0.1, 0.15) is 65.2 Å². The number of carboxylic acids is 1. The van der Waals surface area contributed by atoms with Gasteiger partial charge in [0.25, 0.3) is 0 Å². The molecular weight excluding hydrogens is 322 g/mol. The molecule has 2 saturated carbocycles. The number of carbonyl (C=O) groups is 1. The van der Waals surface area contributed by atoms with Gasteiger partial charge in [0, 0.05) is 0 Å². The Hall–Kier alpha value is -2.29. The zero-order valence-corrected chi connectivity index (χ0v) is 15.1. The number of hydrogen-bond acceptors (Lipinski definition) is 2. The Morgan fingerprint density at radius 2 is 1.88 bits per heavy atom. The number of para-hydroxylation sites is 1. The van der Waals surface area contributed by atoms with Crippen LogP contribution in [0.2, 0.25) is 0 Å². The Labute approximate surface area is 154 Å². The van der Waals surface area contributed by atoms with E-state index in [2.05, 4.69) is 42.6 Å². The summed E-state index contributed by atoms with van der Waals surface area (Å²) in [4.78, 5) is 11.8. The van der Waals surface area contributed by atoms with Gasteiger partial charge >= 0.3 is 5.97 Å². The molecule has 2 fully saturated rings. The third kappa shape index (κ3) is 2.22. The molecule has 5 rings (SSSR count). The van der Waals surface area contributed by atoms with Crippen molar-refractivity contribution < 1.29 is 9.90 Å². The molecule has 0 amide bonds. The lowest BCUT2D eigenvalue weighted by Crippen LogP contribution is -2.36. The van der Waals surface area contributed by atoms with Crippen LogP contribution in [0.5, 0.6) is 0 Å². The van der Waals surface area contributed by atoms with Crippen molar-refractivity contribution in [2.24, 2.45) is 17.8 Å². The highest BCUT2D eigenvalue weighted by molar-refractivity contribution is 5.95. The number of fused-ring (bicyclic) bond motifs is 7. The van der Waals surface area contributed by atoms with E-state index >= 15 is 0 Å². The molecule has 0 spiro atoms. The Bertz CT molecular complexity index is 857. The highest BCUT2D eigenvalue weighted by Gasteiger charge is 2.54. The Morgan fingerprint density at radius 1 is 1.12 bits per heavy atom. The summed E-state index contributed by atoms with van der Waals surface area (Å²) in [5.41, 5.74) is 5.16. The van der Waals surface area contributed by atoms with Gasteiger partial charge < -0.3 is 10.4 Å². The van der Waals surface area contributed by atoms with Gasteiger partial charge in [0.05, 0.1) is 17.3 Å². The third-order valence-corrected chi connectivity index (χ3v) is 7.10. The van der Waals surface area contributed by atoms with Crippen LogP contribution in [0.3, 0.4) is 0 Å². The summed E-state index contributed by atoms with van der Waals surface area (Å²) in [7, 11) is 0. The maximum absolute atomic E-state index is 11.8. The topological polar surface area (TPSA) is 49.3 Å². The molecule has 26 heavy (non-hydrogen) atoms. The summed E-state index contributed by atoms with van der Waals surface area (Å²) in [5, 5.41) is 13.4. The van der Waals surface area contributed by atoms with Crippen LogP contribution >= 0.6 is 0 Å². The molecule has 3 heteroatoms. The molecule has 0 radical (unpaired) electrons. The van der Waals surface area contributed by atoms with Crippen molar-refractivity contribution in [3.8, 4) is 0 Å². The van der Waals surface area contributed by atoms with Crippen molar-refractivity contribution in [2.75, 3.05) is 5.32 Å². The van der Waals surface area contributed by atoms with E-state index < -0.39 is 5.97 Å². The van der Waals surface area contributed by atoms with Crippen LogP contribution in [0.4, 0.5) is 5.69 Å². The fraction of sp³-hybridized carbons (Fsp3) is 0.435. The quantitative estimate of drug-likeness (QED) is 0.798. The summed E-state index contributed by atoms with van der Waals surface area (Å²) < 4.78 is 0. The number of anilines is 1.